The summed E-state index contributed by atoms with van der Waals surface area (Å²) in [6, 6.07) is 8.92. The predicted octanol–water partition coefficient (Wildman–Crippen LogP) is 4.37. The SMILES string of the molecule is CN1CCC(N(C)C2=C(c3cccs3)C(=O)N(c3cccc(Cl)c3Cl)C2=O)CC1. The summed E-state index contributed by atoms with van der Waals surface area (Å²) in [6.45, 7) is 1.92. The zero-order chi connectivity index (χ0) is 20.7. The number of likely N-dealkylation sites (N-methyl/N-ethyl adjacent to an activating group) is 1. The molecule has 0 aliphatic carbocycles. The summed E-state index contributed by atoms with van der Waals surface area (Å²) in [6.07, 6.45) is 1.88. The van der Waals surface area contributed by atoms with Crippen molar-refractivity contribution >= 4 is 57.6 Å². The van der Waals surface area contributed by atoms with Gasteiger partial charge in [0, 0.05) is 18.0 Å². The molecule has 1 aromatic heterocycles. The van der Waals surface area contributed by atoms with Crippen LogP contribution in [0, 0.1) is 0 Å². The van der Waals surface area contributed by atoms with Gasteiger partial charge in [-0.25, -0.2) is 4.90 Å². The monoisotopic (exact) mass is 449 g/mol. The van der Waals surface area contributed by atoms with Crippen LogP contribution in [0.1, 0.15) is 17.7 Å². The van der Waals surface area contributed by atoms with E-state index in [0.717, 1.165) is 35.7 Å². The molecule has 1 saturated heterocycles. The van der Waals surface area contributed by atoms with Crippen molar-refractivity contribution in [3.8, 4) is 0 Å². The fraction of sp³-hybridized carbons (Fsp3) is 0.333. The number of piperidine rings is 1. The summed E-state index contributed by atoms with van der Waals surface area (Å²) in [7, 11) is 4.01. The Balaban J connectivity index is 1.78. The van der Waals surface area contributed by atoms with Crippen molar-refractivity contribution in [1.82, 2.24) is 9.80 Å². The number of imide groups is 1. The van der Waals surface area contributed by atoms with Gasteiger partial charge in [0.1, 0.15) is 5.70 Å². The maximum absolute atomic E-state index is 13.5. The molecule has 152 valence electrons. The molecule has 0 spiro atoms. The zero-order valence-electron chi connectivity index (χ0n) is 16.2. The van der Waals surface area contributed by atoms with Gasteiger partial charge in [0.05, 0.1) is 21.3 Å². The number of carbonyl (C=O) groups excluding carboxylic acids is 2. The number of thiophene rings is 1. The Morgan fingerprint density at radius 3 is 2.45 bits per heavy atom. The molecular weight excluding hydrogens is 429 g/mol. The van der Waals surface area contributed by atoms with Crippen LogP contribution in [-0.4, -0.2) is 54.8 Å². The largest absolute Gasteiger partial charge is 0.366 e. The van der Waals surface area contributed by atoms with Crippen LogP contribution >= 0.6 is 34.5 Å². The molecule has 29 heavy (non-hydrogen) atoms. The molecule has 0 N–H and O–H groups in total. The Morgan fingerprint density at radius 1 is 1.07 bits per heavy atom. The van der Waals surface area contributed by atoms with Crippen LogP contribution in [-0.2, 0) is 9.59 Å². The van der Waals surface area contributed by atoms with E-state index < -0.39 is 0 Å². The lowest BCUT2D eigenvalue weighted by atomic mass is 10.0. The third-order valence-corrected chi connectivity index (χ3v) is 7.28. The lowest BCUT2D eigenvalue weighted by molar-refractivity contribution is -0.120. The molecule has 2 aromatic rings. The fourth-order valence-electron chi connectivity index (χ4n) is 3.94. The van der Waals surface area contributed by atoms with Gasteiger partial charge in [-0.05, 0) is 56.6 Å². The van der Waals surface area contributed by atoms with Crippen LogP contribution < -0.4 is 4.90 Å². The number of halogens is 2. The highest BCUT2D eigenvalue weighted by atomic mass is 35.5. The van der Waals surface area contributed by atoms with Gasteiger partial charge in [-0.3, -0.25) is 9.59 Å². The minimum absolute atomic E-state index is 0.197. The first-order chi connectivity index (χ1) is 13.9. The van der Waals surface area contributed by atoms with E-state index in [4.69, 9.17) is 23.2 Å². The number of amides is 2. The number of hydrogen-bond acceptors (Lipinski definition) is 5. The number of benzene rings is 1. The average molecular weight is 450 g/mol. The molecule has 0 bridgehead atoms. The smallest absolute Gasteiger partial charge is 0.282 e. The number of likely N-dealkylation sites (tertiary alicyclic amines) is 1. The quantitative estimate of drug-likeness (QED) is 0.650. The lowest BCUT2D eigenvalue weighted by Crippen LogP contribution is -2.43. The van der Waals surface area contributed by atoms with E-state index in [1.165, 1.54) is 11.3 Å². The normalized spacial score (nSPS) is 18.8. The molecule has 1 fully saturated rings. The molecule has 0 unspecified atom stereocenters. The maximum atomic E-state index is 13.5. The zero-order valence-corrected chi connectivity index (χ0v) is 18.5. The van der Waals surface area contributed by atoms with Gasteiger partial charge >= 0.3 is 0 Å². The third kappa shape index (κ3) is 3.59. The molecule has 0 radical (unpaired) electrons. The second-order valence-electron chi connectivity index (χ2n) is 7.36. The lowest BCUT2D eigenvalue weighted by Gasteiger charge is -2.36. The number of hydrogen-bond donors (Lipinski definition) is 0. The van der Waals surface area contributed by atoms with Crippen LogP contribution in [0.5, 0.6) is 0 Å². The van der Waals surface area contributed by atoms with E-state index in [9.17, 15) is 9.59 Å². The standard InChI is InChI=1S/C21H21Cl2N3O2S/c1-24-10-8-13(9-11-24)25(2)19-17(16-7-4-12-29-16)20(27)26(21(19)28)15-6-3-5-14(22)18(15)23/h3-7,12-13H,8-11H2,1-2H3. The van der Waals surface area contributed by atoms with Gasteiger partial charge in [-0.1, -0.05) is 35.3 Å². The van der Waals surface area contributed by atoms with Crippen molar-refractivity contribution in [1.29, 1.82) is 0 Å². The Labute approximate surface area is 184 Å². The van der Waals surface area contributed by atoms with Crippen LogP contribution in [0.25, 0.3) is 5.57 Å². The first-order valence-electron chi connectivity index (χ1n) is 9.42. The van der Waals surface area contributed by atoms with Crippen molar-refractivity contribution in [2.45, 2.75) is 18.9 Å². The minimum atomic E-state index is -0.364. The van der Waals surface area contributed by atoms with Crippen LogP contribution in [0.4, 0.5) is 5.69 Å². The Kier molecular flexibility index (Phi) is 5.71. The van der Waals surface area contributed by atoms with Crippen molar-refractivity contribution < 1.29 is 9.59 Å². The third-order valence-electron chi connectivity index (χ3n) is 5.59. The summed E-state index contributed by atoms with van der Waals surface area (Å²) in [5.41, 5.74) is 1.18. The number of carbonyl (C=O) groups is 2. The number of rotatable bonds is 4. The second kappa shape index (κ2) is 8.11. The topological polar surface area (TPSA) is 43.9 Å². The number of anilines is 1. The molecule has 5 nitrogen and oxygen atoms in total. The second-order valence-corrected chi connectivity index (χ2v) is 9.10. The Morgan fingerprint density at radius 2 is 1.79 bits per heavy atom. The molecule has 0 saturated carbocycles. The van der Waals surface area contributed by atoms with Crippen molar-refractivity contribution in [2.24, 2.45) is 0 Å². The van der Waals surface area contributed by atoms with Gasteiger partial charge in [-0.2, -0.15) is 0 Å². The Hall–Kier alpha value is -1.86. The van der Waals surface area contributed by atoms with Crippen molar-refractivity contribution in [3.63, 3.8) is 0 Å². The van der Waals surface area contributed by atoms with E-state index in [0.29, 0.717) is 22.0 Å². The van der Waals surface area contributed by atoms with Gasteiger partial charge in [0.25, 0.3) is 11.8 Å². The van der Waals surface area contributed by atoms with E-state index in [2.05, 4.69) is 11.9 Å². The van der Waals surface area contributed by atoms with Gasteiger partial charge in [0.15, 0.2) is 0 Å². The molecule has 2 amide bonds. The highest BCUT2D eigenvalue weighted by Crippen LogP contribution is 2.41. The minimum Gasteiger partial charge on any atom is -0.366 e. The van der Waals surface area contributed by atoms with Crippen molar-refractivity contribution in [3.05, 3.63) is 56.3 Å². The van der Waals surface area contributed by atoms with Crippen LogP contribution in [0.15, 0.2) is 41.4 Å². The van der Waals surface area contributed by atoms with E-state index in [1.807, 2.05) is 29.5 Å². The van der Waals surface area contributed by atoms with E-state index in [1.54, 1.807) is 18.2 Å². The summed E-state index contributed by atoms with van der Waals surface area (Å²) < 4.78 is 0. The summed E-state index contributed by atoms with van der Waals surface area (Å²) in [5, 5.41) is 2.41. The Bertz CT molecular complexity index is 982. The van der Waals surface area contributed by atoms with Crippen LogP contribution in [0.3, 0.4) is 0 Å². The van der Waals surface area contributed by atoms with Gasteiger partial charge in [-0.15, -0.1) is 11.3 Å². The highest BCUT2D eigenvalue weighted by Gasteiger charge is 2.44. The van der Waals surface area contributed by atoms with E-state index >= 15 is 0 Å². The molecule has 1 aromatic carbocycles. The highest BCUT2D eigenvalue weighted by molar-refractivity contribution is 7.11. The summed E-state index contributed by atoms with van der Waals surface area (Å²) >= 11 is 14.0. The first kappa shape index (κ1) is 20.4. The summed E-state index contributed by atoms with van der Waals surface area (Å²) in [4.78, 5) is 33.2. The molecule has 0 atom stereocenters. The fourth-order valence-corrected chi connectivity index (χ4v) is 5.08. The molecule has 3 heterocycles. The average Bonchev–Trinajstić information content (AvgIpc) is 3.31. The molecule has 2 aliphatic heterocycles. The molecule has 8 heteroatoms. The van der Waals surface area contributed by atoms with Crippen molar-refractivity contribution in [2.75, 3.05) is 32.1 Å². The predicted molar refractivity (Wildman–Crippen MR) is 118 cm³/mol. The van der Waals surface area contributed by atoms with Gasteiger partial charge in [0.2, 0.25) is 0 Å². The molecule has 4 rings (SSSR count). The van der Waals surface area contributed by atoms with E-state index in [-0.39, 0.29) is 22.9 Å². The molecule has 2 aliphatic rings. The first-order valence-corrected chi connectivity index (χ1v) is 11.1. The summed E-state index contributed by atoms with van der Waals surface area (Å²) in [5.74, 6) is -0.722. The maximum Gasteiger partial charge on any atom is 0.282 e. The number of nitrogens with zero attached hydrogens (tertiary/aromatic N) is 3. The molecular formula is C21H21Cl2N3O2S. The van der Waals surface area contributed by atoms with Gasteiger partial charge < -0.3 is 9.80 Å². The van der Waals surface area contributed by atoms with Crippen LogP contribution in [0.2, 0.25) is 10.0 Å².